The highest BCUT2D eigenvalue weighted by molar-refractivity contribution is 5.77. The predicted molar refractivity (Wildman–Crippen MR) is 57.9 cm³/mol. The molecular weight excluding hydrogens is 192 g/mol. The fraction of sp³-hybridized carbons (Fsp3) is 0.364. The van der Waals surface area contributed by atoms with E-state index < -0.39 is 18.1 Å². The first-order valence-electron chi connectivity index (χ1n) is 4.83. The van der Waals surface area contributed by atoms with Crippen LogP contribution in [0.25, 0.3) is 0 Å². The predicted octanol–water partition coefficient (Wildman–Crippen LogP) is -0.132. The van der Waals surface area contributed by atoms with Crippen molar-refractivity contribution in [3.63, 3.8) is 0 Å². The molecule has 4 N–H and O–H groups in total. The van der Waals surface area contributed by atoms with Crippen LogP contribution in [0.2, 0.25) is 0 Å². The molecule has 4 heteroatoms. The molecule has 2 atom stereocenters. The number of aliphatic hydroxyl groups excluding tert-OH is 1. The highest BCUT2D eigenvalue weighted by atomic mass is 16.3. The van der Waals surface area contributed by atoms with Crippen LogP contribution < -0.4 is 11.1 Å². The Morgan fingerprint density at radius 1 is 1.47 bits per heavy atom. The van der Waals surface area contributed by atoms with Crippen LogP contribution in [0.1, 0.15) is 5.56 Å². The van der Waals surface area contributed by atoms with Crippen molar-refractivity contribution in [3.8, 4) is 0 Å². The molecule has 0 fully saturated rings. The van der Waals surface area contributed by atoms with E-state index >= 15 is 0 Å². The number of benzene rings is 1. The van der Waals surface area contributed by atoms with Crippen molar-refractivity contribution < 1.29 is 9.90 Å². The Morgan fingerprint density at radius 3 is 2.53 bits per heavy atom. The van der Waals surface area contributed by atoms with Gasteiger partial charge in [-0.25, -0.2) is 0 Å². The Hall–Kier alpha value is -1.39. The lowest BCUT2D eigenvalue weighted by Gasteiger charge is -2.19. The van der Waals surface area contributed by atoms with E-state index in [0.29, 0.717) is 6.42 Å². The number of carbonyl (C=O) groups is 1. The van der Waals surface area contributed by atoms with Crippen LogP contribution in [-0.4, -0.2) is 24.3 Å². The summed E-state index contributed by atoms with van der Waals surface area (Å²) >= 11 is 0. The Labute approximate surface area is 89.1 Å². The second kappa shape index (κ2) is 5.48. The van der Waals surface area contributed by atoms with Gasteiger partial charge in [-0.15, -0.1) is 0 Å². The molecule has 0 aliphatic heterocycles. The molecule has 1 aromatic rings. The topological polar surface area (TPSA) is 75.3 Å². The molecule has 2 unspecified atom stereocenters. The molecule has 0 aliphatic carbocycles. The molecule has 0 heterocycles. The second-order valence-corrected chi connectivity index (χ2v) is 3.43. The summed E-state index contributed by atoms with van der Waals surface area (Å²) in [5.41, 5.74) is 6.20. The van der Waals surface area contributed by atoms with Gasteiger partial charge >= 0.3 is 0 Å². The number of primary amides is 1. The van der Waals surface area contributed by atoms with E-state index in [2.05, 4.69) is 5.32 Å². The number of amides is 1. The number of hydrogen-bond donors (Lipinski definition) is 3. The summed E-state index contributed by atoms with van der Waals surface area (Å²) < 4.78 is 0. The normalized spacial score (nSPS) is 14.5. The summed E-state index contributed by atoms with van der Waals surface area (Å²) in [5.74, 6) is -1.10. The van der Waals surface area contributed by atoms with Crippen LogP contribution in [0.5, 0.6) is 0 Å². The average molecular weight is 208 g/mol. The van der Waals surface area contributed by atoms with E-state index in [0.717, 1.165) is 5.56 Å². The van der Waals surface area contributed by atoms with Gasteiger partial charge in [-0.3, -0.25) is 10.1 Å². The van der Waals surface area contributed by atoms with Gasteiger partial charge in [0.25, 0.3) is 0 Å². The largest absolute Gasteiger partial charge is 0.378 e. The maximum atomic E-state index is 11.1. The third kappa shape index (κ3) is 3.34. The Balaban J connectivity index is 2.71. The van der Waals surface area contributed by atoms with Gasteiger partial charge < -0.3 is 10.8 Å². The summed E-state index contributed by atoms with van der Waals surface area (Å²) in [4.78, 5) is 11.1. The molecule has 1 rings (SSSR count). The molecule has 0 saturated heterocycles. The number of nitrogens with one attached hydrogen (secondary N) is 1. The first kappa shape index (κ1) is 11.7. The molecule has 4 nitrogen and oxygen atoms in total. The van der Waals surface area contributed by atoms with Gasteiger partial charge in [0, 0.05) is 0 Å². The van der Waals surface area contributed by atoms with Crippen LogP contribution in [0.3, 0.4) is 0 Å². The van der Waals surface area contributed by atoms with Gasteiger partial charge in [-0.1, -0.05) is 30.3 Å². The average Bonchev–Trinajstić information content (AvgIpc) is 2.26. The first-order chi connectivity index (χ1) is 7.15. The fourth-order valence-corrected chi connectivity index (χ4v) is 1.44. The summed E-state index contributed by atoms with van der Waals surface area (Å²) in [6.07, 6.45) is -0.458. The molecule has 0 aromatic heterocycles. The van der Waals surface area contributed by atoms with Gasteiger partial charge in [0.05, 0.1) is 5.92 Å². The molecule has 0 radical (unpaired) electrons. The van der Waals surface area contributed by atoms with Crippen molar-refractivity contribution in [2.75, 3.05) is 7.05 Å². The Morgan fingerprint density at radius 2 is 2.07 bits per heavy atom. The monoisotopic (exact) mass is 208 g/mol. The maximum absolute atomic E-state index is 11.1. The highest BCUT2D eigenvalue weighted by Gasteiger charge is 2.23. The van der Waals surface area contributed by atoms with E-state index in [1.807, 2.05) is 30.3 Å². The minimum Gasteiger partial charge on any atom is -0.378 e. The van der Waals surface area contributed by atoms with Crippen molar-refractivity contribution in [1.82, 2.24) is 5.32 Å². The third-order valence-electron chi connectivity index (χ3n) is 2.34. The number of carbonyl (C=O) groups excluding carboxylic acids is 1. The molecular formula is C11H16N2O2. The van der Waals surface area contributed by atoms with Crippen molar-refractivity contribution in [1.29, 1.82) is 0 Å². The first-order valence-corrected chi connectivity index (χ1v) is 4.83. The summed E-state index contributed by atoms with van der Waals surface area (Å²) in [5, 5.41) is 12.2. The van der Waals surface area contributed by atoms with Crippen molar-refractivity contribution in [3.05, 3.63) is 35.9 Å². The van der Waals surface area contributed by atoms with Gasteiger partial charge in [-0.05, 0) is 19.0 Å². The van der Waals surface area contributed by atoms with Gasteiger partial charge in [-0.2, -0.15) is 0 Å². The van der Waals surface area contributed by atoms with E-state index in [-0.39, 0.29) is 0 Å². The molecule has 15 heavy (non-hydrogen) atoms. The van der Waals surface area contributed by atoms with Gasteiger partial charge in [0.1, 0.15) is 6.23 Å². The van der Waals surface area contributed by atoms with Crippen LogP contribution in [0.15, 0.2) is 30.3 Å². The van der Waals surface area contributed by atoms with E-state index in [4.69, 9.17) is 5.73 Å². The number of hydrogen-bond acceptors (Lipinski definition) is 3. The standard InChI is InChI=1S/C11H16N2O2/c1-13-11(15)9(10(12)14)7-8-5-3-2-4-6-8/h2-6,9,11,13,15H,7H2,1H3,(H2,12,14). The van der Waals surface area contributed by atoms with E-state index in [1.165, 1.54) is 0 Å². The van der Waals surface area contributed by atoms with Crippen LogP contribution in [0, 0.1) is 5.92 Å². The lowest BCUT2D eigenvalue weighted by Crippen LogP contribution is -2.42. The quantitative estimate of drug-likeness (QED) is 0.590. The zero-order valence-corrected chi connectivity index (χ0v) is 8.68. The molecule has 0 bridgehead atoms. The number of aliphatic hydroxyl groups is 1. The van der Waals surface area contributed by atoms with Crippen LogP contribution in [0.4, 0.5) is 0 Å². The lowest BCUT2D eigenvalue weighted by molar-refractivity contribution is -0.125. The zero-order chi connectivity index (χ0) is 11.3. The zero-order valence-electron chi connectivity index (χ0n) is 8.68. The molecule has 1 aromatic carbocycles. The van der Waals surface area contributed by atoms with Crippen molar-refractivity contribution >= 4 is 5.91 Å². The number of nitrogens with two attached hydrogens (primary N) is 1. The molecule has 0 spiro atoms. The number of rotatable bonds is 5. The third-order valence-corrected chi connectivity index (χ3v) is 2.34. The Kier molecular flexibility index (Phi) is 4.27. The fourth-order valence-electron chi connectivity index (χ4n) is 1.44. The van der Waals surface area contributed by atoms with E-state index in [9.17, 15) is 9.90 Å². The second-order valence-electron chi connectivity index (χ2n) is 3.43. The lowest BCUT2D eigenvalue weighted by atomic mass is 9.97. The minimum atomic E-state index is -0.900. The van der Waals surface area contributed by atoms with Crippen LogP contribution in [-0.2, 0) is 11.2 Å². The molecule has 1 amide bonds. The van der Waals surface area contributed by atoms with Crippen LogP contribution >= 0.6 is 0 Å². The summed E-state index contributed by atoms with van der Waals surface area (Å²) in [6, 6.07) is 9.48. The smallest absolute Gasteiger partial charge is 0.224 e. The van der Waals surface area contributed by atoms with Crippen molar-refractivity contribution in [2.24, 2.45) is 11.7 Å². The van der Waals surface area contributed by atoms with E-state index in [1.54, 1.807) is 7.05 Å². The van der Waals surface area contributed by atoms with Crippen molar-refractivity contribution in [2.45, 2.75) is 12.6 Å². The highest BCUT2D eigenvalue weighted by Crippen LogP contribution is 2.10. The van der Waals surface area contributed by atoms with Gasteiger partial charge in [0.2, 0.25) is 5.91 Å². The molecule has 0 aliphatic rings. The molecule has 0 saturated carbocycles. The summed E-state index contributed by atoms with van der Waals surface area (Å²) in [7, 11) is 1.59. The SMILES string of the molecule is CNC(O)C(Cc1ccccc1)C(N)=O. The maximum Gasteiger partial charge on any atom is 0.224 e. The summed E-state index contributed by atoms with van der Waals surface area (Å²) in [6.45, 7) is 0. The minimum absolute atomic E-state index is 0.443. The van der Waals surface area contributed by atoms with Gasteiger partial charge in [0.15, 0.2) is 0 Å². The Bertz CT molecular complexity index is 314. The molecule has 82 valence electrons.